The van der Waals surface area contributed by atoms with Crippen LogP contribution in [0, 0.1) is 11.8 Å². The van der Waals surface area contributed by atoms with E-state index < -0.39 is 24.5 Å². The van der Waals surface area contributed by atoms with Crippen molar-refractivity contribution in [2.24, 2.45) is 11.8 Å². The summed E-state index contributed by atoms with van der Waals surface area (Å²) in [6, 6.07) is 13.8. The van der Waals surface area contributed by atoms with Crippen LogP contribution < -0.4 is 5.73 Å². The lowest BCUT2D eigenvalue weighted by Gasteiger charge is -2.55. The van der Waals surface area contributed by atoms with Crippen LogP contribution in [-0.2, 0) is 28.4 Å². The molecule has 3 aliphatic rings. The Kier molecular flexibility index (Phi) is 9.89. The molecule has 13 heteroatoms. The molecule has 0 spiro atoms. The number of nitrogen functional groups attached to an aromatic ring is 1. The number of rotatable bonds is 11. The van der Waals surface area contributed by atoms with E-state index in [9.17, 15) is 10.2 Å². The maximum absolute atomic E-state index is 11.6. The molecule has 0 radical (unpaired) electrons. The van der Waals surface area contributed by atoms with Crippen LogP contribution in [-0.4, -0.2) is 91.0 Å². The second-order valence-corrected chi connectivity index (χ2v) is 19.6. The number of aromatic amines is 2. The summed E-state index contributed by atoms with van der Waals surface area (Å²) in [7, 11) is 0. The lowest BCUT2D eigenvalue weighted by atomic mass is 9.71. The minimum atomic E-state index is -1.15. The fraction of sp³-hybridized carbons (Fsp3) is 0.578. The number of hydrogen-bond acceptors (Lipinski definition) is 10. The summed E-state index contributed by atoms with van der Waals surface area (Å²) in [6.45, 7) is 15.6. The third-order valence-corrected chi connectivity index (χ3v) is 13.5. The summed E-state index contributed by atoms with van der Waals surface area (Å²) in [4.78, 5) is 32.5. The van der Waals surface area contributed by atoms with Crippen LogP contribution in [0.25, 0.3) is 33.2 Å². The van der Waals surface area contributed by atoms with Crippen LogP contribution in [0.2, 0.25) is 0 Å². The van der Waals surface area contributed by atoms with Crippen LogP contribution in [0.15, 0.2) is 49.1 Å². The van der Waals surface area contributed by atoms with Crippen molar-refractivity contribution in [3.63, 3.8) is 0 Å². The van der Waals surface area contributed by atoms with Crippen molar-refractivity contribution >= 4 is 39.0 Å². The lowest BCUT2D eigenvalue weighted by molar-refractivity contribution is -0.111. The highest BCUT2D eigenvalue weighted by Gasteiger charge is 2.52. The third-order valence-electron chi connectivity index (χ3n) is 13.5. The van der Waals surface area contributed by atoms with Crippen LogP contribution in [0.1, 0.15) is 116 Å². The van der Waals surface area contributed by atoms with Crippen LogP contribution in [0.4, 0.5) is 5.82 Å². The molecule has 4 aromatic heterocycles. The SMILES string of the molecule is C[C@@H]([C@H]1O[C@@H](n2cnc3c(N)ncnc32)[C@H](O)[C@@H]1O)N(C1CC(CCc2nc3ccc(C(C)(C)C)cc3[nH]2)C1)C1CC(CCc2nc3ccc(C(C)(C)C)cc3[nH]2)C1. The van der Waals surface area contributed by atoms with Gasteiger partial charge in [-0.3, -0.25) is 9.47 Å². The molecule has 0 bridgehead atoms. The zero-order valence-electron chi connectivity index (χ0n) is 35.0. The number of aromatic nitrogens is 8. The van der Waals surface area contributed by atoms with Gasteiger partial charge in [-0.1, -0.05) is 53.7 Å². The molecule has 308 valence electrons. The van der Waals surface area contributed by atoms with Gasteiger partial charge in [-0.05, 0) is 104 Å². The normalized spacial score (nSPS) is 27.1. The molecule has 9 rings (SSSR count). The van der Waals surface area contributed by atoms with Crippen molar-refractivity contribution in [2.75, 3.05) is 5.73 Å². The molecule has 5 heterocycles. The number of aryl methyl sites for hydroxylation is 2. The van der Waals surface area contributed by atoms with Gasteiger partial charge in [0.05, 0.1) is 28.4 Å². The summed E-state index contributed by atoms with van der Waals surface area (Å²) in [5, 5.41) is 23.0. The van der Waals surface area contributed by atoms with E-state index in [2.05, 4.69) is 115 Å². The van der Waals surface area contributed by atoms with E-state index >= 15 is 0 Å². The third kappa shape index (κ3) is 7.28. The fourth-order valence-electron chi connectivity index (χ4n) is 9.84. The Morgan fingerprint density at radius 3 is 1.84 bits per heavy atom. The summed E-state index contributed by atoms with van der Waals surface area (Å²) >= 11 is 0. The highest BCUT2D eigenvalue weighted by atomic mass is 16.6. The second kappa shape index (κ2) is 14.7. The summed E-state index contributed by atoms with van der Waals surface area (Å²) < 4.78 is 8.26. The van der Waals surface area contributed by atoms with E-state index in [1.165, 1.54) is 17.5 Å². The average Bonchev–Trinajstić information content (AvgIpc) is 3.92. The van der Waals surface area contributed by atoms with Gasteiger partial charge in [-0.15, -0.1) is 0 Å². The van der Waals surface area contributed by atoms with Crippen molar-refractivity contribution in [3.05, 3.63) is 71.8 Å². The van der Waals surface area contributed by atoms with Crippen molar-refractivity contribution in [3.8, 4) is 0 Å². The minimum Gasteiger partial charge on any atom is -0.387 e. The number of hydrogen-bond donors (Lipinski definition) is 5. The number of nitrogens with two attached hydrogens (primary N) is 1. The van der Waals surface area contributed by atoms with E-state index in [0.717, 1.165) is 85.1 Å². The molecule has 5 atom stereocenters. The molecule has 6 aromatic rings. The van der Waals surface area contributed by atoms with Crippen molar-refractivity contribution in [1.29, 1.82) is 0 Å². The van der Waals surface area contributed by atoms with Crippen LogP contribution in [0.3, 0.4) is 0 Å². The molecule has 58 heavy (non-hydrogen) atoms. The number of benzene rings is 2. The number of fused-ring (bicyclic) bond motifs is 3. The summed E-state index contributed by atoms with van der Waals surface area (Å²) in [5.41, 5.74) is 14.0. The number of H-pyrrole nitrogens is 2. The van der Waals surface area contributed by atoms with Crippen LogP contribution >= 0.6 is 0 Å². The molecule has 1 aliphatic heterocycles. The summed E-state index contributed by atoms with van der Waals surface area (Å²) in [5.74, 6) is 3.55. The Hall–Kier alpha value is -4.43. The maximum atomic E-state index is 11.6. The predicted molar refractivity (Wildman–Crippen MR) is 226 cm³/mol. The van der Waals surface area contributed by atoms with Gasteiger partial charge in [0.15, 0.2) is 17.7 Å². The smallest absolute Gasteiger partial charge is 0.167 e. The molecule has 1 saturated heterocycles. The summed E-state index contributed by atoms with van der Waals surface area (Å²) in [6.07, 6.45) is 7.61. The molecule has 6 N–H and O–H groups in total. The van der Waals surface area contributed by atoms with E-state index in [1.807, 2.05) is 0 Å². The average molecular weight is 789 g/mol. The van der Waals surface area contributed by atoms with E-state index in [0.29, 0.717) is 35.1 Å². The molecule has 2 aliphatic carbocycles. The number of anilines is 1. The molecular formula is C45H60N10O3. The largest absolute Gasteiger partial charge is 0.387 e. The van der Waals surface area contributed by atoms with Gasteiger partial charge in [-0.25, -0.2) is 24.9 Å². The first-order valence-electron chi connectivity index (χ1n) is 21.3. The number of ether oxygens (including phenoxy) is 1. The highest BCUT2D eigenvalue weighted by molar-refractivity contribution is 5.81. The second-order valence-electron chi connectivity index (χ2n) is 19.6. The maximum Gasteiger partial charge on any atom is 0.167 e. The van der Waals surface area contributed by atoms with Gasteiger partial charge < -0.3 is 30.7 Å². The molecule has 0 unspecified atom stereocenters. The molecule has 0 amide bonds. The van der Waals surface area contributed by atoms with Gasteiger partial charge in [0.1, 0.15) is 41.8 Å². The first-order valence-corrected chi connectivity index (χ1v) is 21.3. The first-order chi connectivity index (χ1) is 27.6. The Bertz CT molecular complexity index is 2300. The van der Waals surface area contributed by atoms with Gasteiger partial charge in [0, 0.05) is 31.0 Å². The molecule has 13 nitrogen and oxygen atoms in total. The highest BCUT2D eigenvalue weighted by Crippen LogP contribution is 2.46. The lowest BCUT2D eigenvalue weighted by Crippen LogP contribution is -2.61. The zero-order valence-corrected chi connectivity index (χ0v) is 35.0. The monoisotopic (exact) mass is 788 g/mol. The van der Waals surface area contributed by atoms with Crippen molar-refractivity contribution < 1.29 is 14.9 Å². The standard InChI is InChI=1S/C45H60N10O3/c1-24(40-38(56)39(57)43(58-40)54-23-49-37-41(46)47-22-48-42(37)54)55(29-16-25(17-29)8-14-35-50-31-12-10-27(44(2,3)4)20-33(31)52-35)30-18-26(19-30)9-15-36-51-32-13-11-28(45(5,6)7)21-34(32)53-36/h10-13,20-26,29-30,38-40,43,56-57H,8-9,14-19H2,1-7H3,(H,50,52)(H,51,53)(H2,46,47,48)/t24-,25?,26?,29?,30?,38-,39+,40+,43+/m0/s1. The van der Waals surface area contributed by atoms with E-state index in [4.69, 9.17) is 20.4 Å². The van der Waals surface area contributed by atoms with Crippen LogP contribution in [0.5, 0.6) is 0 Å². The quantitative estimate of drug-likeness (QED) is 0.0928. The Morgan fingerprint density at radius 2 is 1.33 bits per heavy atom. The predicted octanol–water partition coefficient (Wildman–Crippen LogP) is 6.89. The number of aliphatic hydroxyl groups excluding tert-OH is 2. The topological polar surface area (TPSA) is 180 Å². The molecular weight excluding hydrogens is 729 g/mol. The van der Waals surface area contributed by atoms with Gasteiger partial charge in [0.25, 0.3) is 0 Å². The van der Waals surface area contributed by atoms with Crippen molar-refractivity contribution in [1.82, 2.24) is 44.4 Å². The molecule has 2 aromatic carbocycles. The number of aliphatic hydroxyl groups is 2. The Labute approximate surface area is 340 Å². The number of nitrogens with one attached hydrogen (secondary N) is 2. The molecule has 2 saturated carbocycles. The Balaban J connectivity index is 0.877. The number of imidazole rings is 3. The fourth-order valence-corrected chi connectivity index (χ4v) is 9.84. The van der Waals surface area contributed by atoms with E-state index in [-0.39, 0.29) is 22.7 Å². The van der Waals surface area contributed by atoms with E-state index in [1.54, 1.807) is 10.9 Å². The first kappa shape index (κ1) is 39.1. The van der Waals surface area contributed by atoms with Gasteiger partial charge in [0.2, 0.25) is 0 Å². The van der Waals surface area contributed by atoms with Gasteiger partial charge in [-0.2, -0.15) is 0 Å². The van der Waals surface area contributed by atoms with Gasteiger partial charge >= 0.3 is 0 Å². The number of nitrogens with zero attached hydrogens (tertiary/aromatic N) is 7. The molecule has 3 fully saturated rings. The van der Waals surface area contributed by atoms with Crippen molar-refractivity contribution in [2.45, 2.75) is 153 Å². The zero-order chi connectivity index (χ0) is 40.7. The Morgan fingerprint density at radius 1 is 0.793 bits per heavy atom. The minimum absolute atomic E-state index is 0.0884.